The molecule has 4 atom stereocenters. The largest absolute Gasteiger partial charge is 0.394 e. The zero-order valence-electron chi connectivity index (χ0n) is 9.65. The highest BCUT2D eigenvalue weighted by Gasteiger charge is 2.45. The molecule has 0 unspecified atom stereocenters. The fraction of sp³-hybridized carbons (Fsp3) is 0.600. The zero-order chi connectivity index (χ0) is 13.4. The molecule has 100 valence electrons. The first-order chi connectivity index (χ1) is 8.45. The lowest BCUT2D eigenvalue weighted by Gasteiger charge is -2.16. The summed E-state index contributed by atoms with van der Waals surface area (Å²) >= 11 is 0. The average Bonchev–Trinajstić information content (AvgIpc) is 2.61. The summed E-state index contributed by atoms with van der Waals surface area (Å²) in [4.78, 5) is 15.1. The molecular weight excluding hydrogens is 245 g/mol. The van der Waals surface area contributed by atoms with E-state index in [-0.39, 0.29) is 5.82 Å². The zero-order valence-corrected chi connectivity index (χ0v) is 9.65. The molecule has 1 saturated heterocycles. The molecule has 0 bridgehead atoms. The van der Waals surface area contributed by atoms with Crippen molar-refractivity contribution >= 4 is 5.82 Å². The molecule has 0 spiro atoms. The lowest BCUT2D eigenvalue weighted by Crippen LogP contribution is -2.34. The quantitative estimate of drug-likeness (QED) is 0.610. The summed E-state index contributed by atoms with van der Waals surface area (Å²) < 4.78 is 19.8. The van der Waals surface area contributed by atoms with Crippen LogP contribution in [-0.4, -0.2) is 44.8 Å². The van der Waals surface area contributed by atoms with Gasteiger partial charge in [0, 0.05) is 11.8 Å². The molecule has 0 radical (unpaired) electrons. The average molecular weight is 259 g/mol. The van der Waals surface area contributed by atoms with Crippen molar-refractivity contribution in [1.29, 1.82) is 0 Å². The molecule has 0 aromatic carbocycles. The summed E-state index contributed by atoms with van der Waals surface area (Å²) in [5, 5.41) is 18.4. The Morgan fingerprint density at radius 3 is 2.89 bits per heavy atom. The van der Waals surface area contributed by atoms with Crippen molar-refractivity contribution in [2.75, 3.05) is 12.3 Å². The fourth-order valence-corrected chi connectivity index (χ4v) is 1.84. The van der Waals surface area contributed by atoms with Gasteiger partial charge in [0.25, 0.3) is 0 Å². The third-order valence-corrected chi connectivity index (χ3v) is 2.92. The SMILES string of the molecule is Cc1cn([C@H]2O[C@H](CO)[C@@H](O)[C@H]2F)c(=O)nc1N. The molecule has 8 heteroatoms. The number of hydrogen-bond donors (Lipinski definition) is 3. The molecule has 1 aliphatic heterocycles. The van der Waals surface area contributed by atoms with E-state index in [1.165, 1.54) is 6.20 Å². The number of aryl methyl sites for hydroxylation is 1. The van der Waals surface area contributed by atoms with E-state index in [2.05, 4.69) is 4.98 Å². The number of halogens is 1. The molecule has 0 amide bonds. The number of anilines is 1. The number of aromatic nitrogens is 2. The first-order valence-corrected chi connectivity index (χ1v) is 5.39. The van der Waals surface area contributed by atoms with E-state index in [1.54, 1.807) is 6.92 Å². The summed E-state index contributed by atoms with van der Waals surface area (Å²) in [6.45, 7) is 1.08. The normalized spacial score (nSPS) is 31.8. The number of aliphatic hydroxyl groups is 2. The Morgan fingerprint density at radius 2 is 2.33 bits per heavy atom. The van der Waals surface area contributed by atoms with Gasteiger partial charge in [0.15, 0.2) is 12.4 Å². The molecule has 4 N–H and O–H groups in total. The molecule has 2 heterocycles. The van der Waals surface area contributed by atoms with Crippen LogP contribution >= 0.6 is 0 Å². The number of nitrogens with zero attached hydrogens (tertiary/aromatic N) is 2. The maximum absolute atomic E-state index is 13.8. The van der Waals surface area contributed by atoms with Crippen LogP contribution in [0, 0.1) is 6.92 Å². The van der Waals surface area contributed by atoms with Crippen LogP contribution in [0.2, 0.25) is 0 Å². The monoisotopic (exact) mass is 259 g/mol. The van der Waals surface area contributed by atoms with Crippen LogP contribution in [0.5, 0.6) is 0 Å². The number of rotatable bonds is 2. The molecule has 1 aromatic heterocycles. The van der Waals surface area contributed by atoms with Gasteiger partial charge in [-0.3, -0.25) is 4.57 Å². The fourth-order valence-electron chi connectivity index (χ4n) is 1.84. The van der Waals surface area contributed by atoms with Gasteiger partial charge in [-0.2, -0.15) is 4.98 Å². The van der Waals surface area contributed by atoms with Gasteiger partial charge in [-0.1, -0.05) is 0 Å². The lowest BCUT2D eigenvalue weighted by atomic mass is 10.1. The van der Waals surface area contributed by atoms with Crippen LogP contribution in [0.3, 0.4) is 0 Å². The van der Waals surface area contributed by atoms with Gasteiger partial charge in [0.05, 0.1) is 6.61 Å². The summed E-state index contributed by atoms with van der Waals surface area (Å²) in [7, 11) is 0. The molecular formula is C10H14FN3O4. The van der Waals surface area contributed by atoms with Crippen molar-refractivity contribution in [3.8, 4) is 0 Å². The molecule has 0 aliphatic carbocycles. The number of nitrogens with two attached hydrogens (primary N) is 1. The molecule has 2 rings (SSSR count). The van der Waals surface area contributed by atoms with Crippen LogP contribution in [0.1, 0.15) is 11.8 Å². The second-order valence-corrected chi connectivity index (χ2v) is 4.18. The predicted octanol–water partition coefficient (Wildman–Crippen LogP) is -1.28. The second-order valence-electron chi connectivity index (χ2n) is 4.18. The Balaban J connectivity index is 2.39. The van der Waals surface area contributed by atoms with Gasteiger partial charge in [-0.05, 0) is 6.92 Å². The van der Waals surface area contributed by atoms with Gasteiger partial charge in [-0.15, -0.1) is 0 Å². The first kappa shape index (κ1) is 12.9. The summed E-state index contributed by atoms with van der Waals surface area (Å²) in [5.41, 5.74) is 5.18. The minimum absolute atomic E-state index is 0.0592. The molecule has 1 aromatic rings. The standard InChI is InChI=1S/C10H14FN3O4/c1-4-2-14(10(17)13-8(4)12)9-6(11)7(16)5(3-15)18-9/h2,5-7,9,15-16H,3H2,1H3,(H2,12,13,17)/t5-,6-,7-,9+/m1/s1. The van der Waals surface area contributed by atoms with Crippen molar-refractivity contribution in [2.45, 2.75) is 31.5 Å². The van der Waals surface area contributed by atoms with Gasteiger partial charge >= 0.3 is 5.69 Å². The lowest BCUT2D eigenvalue weighted by molar-refractivity contribution is -0.0491. The number of aliphatic hydroxyl groups excluding tert-OH is 2. The van der Waals surface area contributed by atoms with Gasteiger partial charge in [-0.25, -0.2) is 9.18 Å². The minimum Gasteiger partial charge on any atom is -0.394 e. The van der Waals surface area contributed by atoms with Gasteiger partial charge < -0.3 is 20.7 Å². The molecule has 0 saturated carbocycles. The highest BCUT2D eigenvalue weighted by Crippen LogP contribution is 2.30. The first-order valence-electron chi connectivity index (χ1n) is 5.39. The van der Waals surface area contributed by atoms with E-state index in [9.17, 15) is 14.3 Å². The molecule has 7 nitrogen and oxygen atoms in total. The van der Waals surface area contributed by atoms with E-state index in [0.717, 1.165) is 4.57 Å². The summed E-state index contributed by atoms with van der Waals surface area (Å²) in [5.74, 6) is 0.0592. The maximum atomic E-state index is 13.8. The summed E-state index contributed by atoms with van der Waals surface area (Å²) in [6, 6.07) is 0. The number of alkyl halides is 1. The molecule has 18 heavy (non-hydrogen) atoms. The Bertz CT molecular complexity index is 506. The molecule has 1 aliphatic rings. The minimum atomic E-state index is -1.82. The smallest absolute Gasteiger partial charge is 0.351 e. The Labute approximate surface area is 102 Å². The Hall–Kier alpha value is -1.51. The van der Waals surface area contributed by atoms with Gasteiger partial charge in [0.2, 0.25) is 0 Å². The number of ether oxygens (including phenoxy) is 1. The van der Waals surface area contributed by atoms with Crippen molar-refractivity contribution < 1.29 is 19.3 Å². The van der Waals surface area contributed by atoms with Crippen LogP contribution in [-0.2, 0) is 4.74 Å². The van der Waals surface area contributed by atoms with E-state index in [1.807, 2.05) is 0 Å². The van der Waals surface area contributed by atoms with Crippen LogP contribution in [0.15, 0.2) is 11.0 Å². The van der Waals surface area contributed by atoms with E-state index >= 15 is 0 Å². The summed E-state index contributed by atoms with van der Waals surface area (Å²) in [6.07, 6.45) is -4.35. The number of nitrogen functional groups attached to an aromatic ring is 1. The third-order valence-electron chi connectivity index (χ3n) is 2.92. The van der Waals surface area contributed by atoms with Crippen molar-refractivity contribution in [2.24, 2.45) is 0 Å². The van der Waals surface area contributed by atoms with E-state index in [4.69, 9.17) is 15.6 Å². The Kier molecular flexibility index (Phi) is 3.33. The Morgan fingerprint density at radius 1 is 1.67 bits per heavy atom. The second kappa shape index (κ2) is 4.63. The van der Waals surface area contributed by atoms with Crippen LogP contribution < -0.4 is 11.4 Å². The van der Waals surface area contributed by atoms with Crippen molar-refractivity contribution in [3.63, 3.8) is 0 Å². The van der Waals surface area contributed by atoms with Crippen LogP contribution in [0.25, 0.3) is 0 Å². The third kappa shape index (κ3) is 1.98. The topological polar surface area (TPSA) is 111 Å². The van der Waals surface area contributed by atoms with Crippen LogP contribution in [0.4, 0.5) is 10.2 Å². The van der Waals surface area contributed by atoms with Crippen molar-refractivity contribution in [3.05, 3.63) is 22.2 Å². The van der Waals surface area contributed by atoms with E-state index < -0.39 is 36.9 Å². The van der Waals surface area contributed by atoms with Gasteiger partial charge in [0.1, 0.15) is 18.0 Å². The maximum Gasteiger partial charge on any atom is 0.351 e. The molecule has 1 fully saturated rings. The number of hydrogen-bond acceptors (Lipinski definition) is 6. The van der Waals surface area contributed by atoms with Crippen molar-refractivity contribution in [1.82, 2.24) is 9.55 Å². The predicted molar refractivity (Wildman–Crippen MR) is 59.5 cm³/mol. The highest BCUT2D eigenvalue weighted by molar-refractivity contribution is 5.35. The highest BCUT2D eigenvalue weighted by atomic mass is 19.1. The van der Waals surface area contributed by atoms with E-state index in [0.29, 0.717) is 5.56 Å².